The molecule has 1 atom stereocenters. The number of aliphatic hydroxyl groups excluding tert-OH is 1. The highest BCUT2D eigenvalue weighted by molar-refractivity contribution is 5.84. The van der Waals surface area contributed by atoms with E-state index in [0.29, 0.717) is 24.4 Å². The third-order valence-electron chi connectivity index (χ3n) is 5.27. The molecule has 3 rings (SSSR count). The minimum absolute atomic E-state index is 0.0241. The fourth-order valence-electron chi connectivity index (χ4n) is 3.45. The number of hydrogen-bond donors (Lipinski definition) is 3. The highest BCUT2D eigenvalue weighted by Gasteiger charge is 2.31. The maximum atomic E-state index is 14.0. The Bertz CT molecular complexity index is 970. The van der Waals surface area contributed by atoms with E-state index in [1.807, 2.05) is 12.1 Å². The summed E-state index contributed by atoms with van der Waals surface area (Å²) in [5.74, 6) is -2.87. The third kappa shape index (κ3) is 6.95. The number of ether oxygens (including phenoxy) is 1. The van der Waals surface area contributed by atoms with Gasteiger partial charge in [0.05, 0.1) is 5.69 Å². The summed E-state index contributed by atoms with van der Waals surface area (Å²) < 4.78 is 33.1. The molecule has 5 nitrogen and oxygen atoms in total. The van der Waals surface area contributed by atoms with Crippen molar-refractivity contribution in [2.45, 2.75) is 37.7 Å². The van der Waals surface area contributed by atoms with Gasteiger partial charge in [0.2, 0.25) is 0 Å². The SMILES string of the molecule is Oc1cccc2ccc(C(O)CNCCCCCCOCC(F)(F)c3ccccc3)nc12. The molecular formula is C25H30F2N2O3. The number of alkyl halides is 2. The van der Waals surface area contributed by atoms with Crippen molar-refractivity contribution in [1.82, 2.24) is 10.3 Å². The fourth-order valence-corrected chi connectivity index (χ4v) is 3.45. The monoisotopic (exact) mass is 444 g/mol. The average Bonchev–Trinajstić information content (AvgIpc) is 2.80. The lowest BCUT2D eigenvalue weighted by atomic mass is 10.1. The van der Waals surface area contributed by atoms with Crippen molar-refractivity contribution in [3.63, 3.8) is 0 Å². The van der Waals surface area contributed by atoms with Gasteiger partial charge in [0.1, 0.15) is 24.0 Å². The number of phenols is 1. The van der Waals surface area contributed by atoms with Crippen LogP contribution in [0.1, 0.15) is 43.0 Å². The standard InChI is InChI=1S/C25H30F2N2O3/c26-25(27,20-10-4-3-5-11-20)18-32-16-7-2-1-6-15-28-17-23(31)21-14-13-19-9-8-12-22(30)24(19)29-21/h3-5,8-14,23,28,30-31H,1-2,6-7,15-18H2. The largest absolute Gasteiger partial charge is 0.506 e. The summed E-state index contributed by atoms with van der Waals surface area (Å²) in [5.41, 5.74) is 0.965. The lowest BCUT2D eigenvalue weighted by Crippen LogP contribution is -2.23. The van der Waals surface area contributed by atoms with Crippen molar-refractivity contribution in [3.05, 3.63) is 71.9 Å². The van der Waals surface area contributed by atoms with Crippen molar-refractivity contribution < 1.29 is 23.7 Å². The summed E-state index contributed by atoms with van der Waals surface area (Å²) in [7, 11) is 0. The number of para-hydroxylation sites is 1. The topological polar surface area (TPSA) is 74.6 Å². The molecule has 1 aromatic heterocycles. The van der Waals surface area contributed by atoms with Crippen molar-refractivity contribution in [1.29, 1.82) is 0 Å². The summed E-state index contributed by atoms with van der Waals surface area (Å²) in [5, 5.41) is 24.3. The van der Waals surface area contributed by atoms with Crippen LogP contribution in [-0.2, 0) is 10.7 Å². The van der Waals surface area contributed by atoms with Crippen LogP contribution in [0.25, 0.3) is 10.9 Å². The smallest absolute Gasteiger partial charge is 0.296 e. The number of aromatic hydroxyl groups is 1. The molecule has 3 aromatic rings. The first-order valence-electron chi connectivity index (χ1n) is 11.0. The van der Waals surface area contributed by atoms with E-state index in [1.165, 1.54) is 12.1 Å². The van der Waals surface area contributed by atoms with Gasteiger partial charge < -0.3 is 20.3 Å². The van der Waals surface area contributed by atoms with Gasteiger partial charge in [-0.25, -0.2) is 4.98 Å². The van der Waals surface area contributed by atoms with Gasteiger partial charge in [-0.05, 0) is 31.5 Å². The number of aliphatic hydroxyl groups is 1. The number of nitrogens with zero attached hydrogens (tertiary/aromatic N) is 1. The second kappa shape index (κ2) is 11.9. The predicted molar refractivity (Wildman–Crippen MR) is 121 cm³/mol. The van der Waals surface area contributed by atoms with Crippen molar-refractivity contribution >= 4 is 10.9 Å². The molecule has 0 aliphatic carbocycles. The Morgan fingerprint density at radius 2 is 1.72 bits per heavy atom. The molecule has 0 fully saturated rings. The maximum Gasteiger partial charge on any atom is 0.296 e. The third-order valence-corrected chi connectivity index (χ3v) is 5.27. The first-order valence-corrected chi connectivity index (χ1v) is 11.0. The van der Waals surface area contributed by atoms with E-state index in [1.54, 1.807) is 36.4 Å². The van der Waals surface area contributed by atoms with Crippen molar-refractivity contribution in [3.8, 4) is 5.75 Å². The molecule has 1 heterocycles. The van der Waals surface area contributed by atoms with Gasteiger partial charge in [-0.1, -0.05) is 61.4 Å². The molecular weight excluding hydrogens is 414 g/mol. The number of halogens is 2. The van der Waals surface area contributed by atoms with E-state index in [0.717, 1.165) is 37.6 Å². The molecule has 0 radical (unpaired) electrons. The second-order valence-corrected chi connectivity index (χ2v) is 7.84. The number of aromatic nitrogens is 1. The molecule has 2 aromatic carbocycles. The highest BCUT2D eigenvalue weighted by Crippen LogP contribution is 2.28. The molecule has 172 valence electrons. The van der Waals surface area contributed by atoms with Crippen LogP contribution in [0.2, 0.25) is 0 Å². The number of rotatable bonds is 13. The van der Waals surface area contributed by atoms with Gasteiger partial charge in [0.25, 0.3) is 5.92 Å². The molecule has 0 bridgehead atoms. The zero-order chi connectivity index (χ0) is 22.8. The summed E-state index contributed by atoms with van der Waals surface area (Å²) in [6.45, 7) is 0.818. The Kier molecular flexibility index (Phi) is 8.90. The first kappa shape index (κ1) is 24.0. The quantitative estimate of drug-likeness (QED) is 0.326. The van der Waals surface area contributed by atoms with Crippen LogP contribution in [0.15, 0.2) is 60.7 Å². The molecule has 0 saturated carbocycles. The van der Waals surface area contributed by atoms with Crippen LogP contribution >= 0.6 is 0 Å². The van der Waals surface area contributed by atoms with Crippen LogP contribution in [0, 0.1) is 0 Å². The summed E-state index contributed by atoms with van der Waals surface area (Å²) in [6.07, 6.45) is 2.73. The lowest BCUT2D eigenvalue weighted by Gasteiger charge is -2.16. The van der Waals surface area contributed by atoms with E-state index in [4.69, 9.17) is 4.74 Å². The predicted octanol–water partition coefficient (Wildman–Crippen LogP) is 4.93. The van der Waals surface area contributed by atoms with Gasteiger partial charge in [-0.2, -0.15) is 8.78 Å². The molecule has 0 aliphatic rings. The lowest BCUT2D eigenvalue weighted by molar-refractivity contribution is -0.0831. The van der Waals surface area contributed by atoms with Gasteiger partial charge in [-0.15, -0.1) is 0 Å². The molecule has 0 spiro atoms. The van der Waals surface area contributed by atoms with Crippen LogP contribution in [0.5, 0.6) is 5.75 Å². The molecule has 7 heteroatoms. The van der Waals surface area contributed by atoms with Crippen molar-refractivity contribution in [2.75, 3.05) is 26.3 Å². The van der Waals surface area contributed by atoms with Gasteiger partial charge >= 0.3 is 0 Å². The van der Waals surface area contributed by atoms with E-state index in [2.05, 4.69) is 10.3 Å². The number of pyridine rings is 1. The normalized spacial score (nSPS) is 12.8. The number of phenolic OH excluding ortho intramolecular Hbond substituents is 1. The van der Waals surface area contributed by atoms with Gasteiger partial charge in [0.15, 0.2) is 0 Å². The Morgan fingerprint density at radius 1 is 0.938 bits per heavy atom. The number of unbranched alkanes of at least 4 members (excludes halogenated alkanes) is 3. The zero-order valence-corrected chi connectivity index (χ0v) is 18.0. The van der Waals surface area contributed by atoms with Crippen LogP contribution in [0.3, 0.4) is 0 Å². The summed E-state index contributed by atoms with van der Waals surface area (Å²) in [6, 6.07) is 16.5. The second-order valence-electron chi connectivity index (χ2n) is 7.84. The van der Waals surface area contributed by atoms with Gasteiger partial charge in [-0.3, -0.25) is 0 Å². The number of benzene rings is 2. The molecule has 0 saturated heterocycles. The molecule has 0 amide bonds. The van der Waals surface area contributed by atoms with Crippen LogP contribution < -0.4 is 5.32 Å². The van der Waals surface area contributed by atoms with E-state index in [-0.39, 0.29) is 11.3 Å². The molecule has 0 aliphatic heterocycles. The summed E-state index contributed by atoms with van der Waals surface area (Å²) in [4.78, 5) is 4.36. The Labute approximate surface area is 187 Å². The van der Waals surface area contributed by atoms with E-state index < -0.39 is 18.6 Å². The van der Waals surface area contributed by atoms with E-state index in [9.17, 15) is 19.0 Å². The maximum absolute atomic E-state index is 14.0. The Balaban J connectivity index is 1.25. The number of fused-ring (bicyclic) bond motifs is 1. The Hall–Kier alpha value is -2.61. The molecule has 3 N–H and O–H groups in total. The van der Waals surface area contributed by atoms with Crippen LogP contribution in [-0.4, -0.2) is 41.5 Å². The zero-order valence-electron chi connectivity index (χ0n) is 18.0. The van der Waals surface area contributed by atoms with Gasteiger partial charge in [0, 0.05) is 24.1 Å². The fraction of sp³-hybridized carbons (Fsp3) is 0.400. The van der Waals surface area contributed by atoms with Crippen LogP contribution in [0.4, 0.5) is 8.78 Å². The minimum Gasteiger partial charge on any atom is -0.506 e. The molecule has 1 unspecified atom stereocenters. The van der Waals surface area contributed by atoms with Crippen molar-refractivity contribution in [2.24, 2.45) is 0 Å². The highest BCUT2D eigenvalue weighted by atomic mass is 19.3. The summed E-state index contributed by atoms with van der Waals surface area (Å²) >= 11 is 0. The average molecular weight is 445 g/mol. The number of hydrogen-bond acceptors (Lipinski definition) is 5. The van der Waals surface area contributed by atoms with E-state index >= 15 is 0 Å². The molecule has 32 heavy (non-hydrogen) atoms. The minimum atomic E-state index is -2.97. The number of nitrogens with one attached hydrogen (secondary N) is 1. The Morgan fingerprint density at radius 3 is 2.53 bits per heavy atom. The first-order chi connectivity index (χ1) is 15.5.